The molecule has 0 radical (unpaired) electrons. The van der Waals surface area contributed by atoms with Crippen molar-refractivity contribution in [3.63, 3.8) is 0 Å². The maximum atomic E-state index is 12.2. The summed E-state index contributed by atoms with van der Waals surface area (Å²) in [6, 6.07) is 3.70. The van der Waals surface area contributed by atoms with Crippen LogP contribution in [-0.4, -0.2) is 41.3 Å². The van der Waals surface area contributed by atoms with E-state index in [-0.39, 0.29) is 11.8 Å². The molecule has 1 amide bonds. The third-order valence-corrected chi connectivity index (χ3v) is 4.04. The molecule has 0 bridgehead atoms. The molecule has 1 aromatic rings. The van der Waals surface area contributed by atoms with Crippen LogP contribution in [0.4, 0.5) is 0 Å². The predicted octanol–water partition coefficient (Wildman–Crippen LogP) is 1.15. The fourth-order valence-corrected chi connectivity index (χ4v) is 2.31. The molecule has 21 heavy (non-hydrogen) atoms. The minimum absolute atomic E-state index is 0.124. The average Bonchev–Trinajstić information content (AvgIpc) is 3.09. The molecule has 0 aromatic carbocycles. The fourth-order valence-electron chi connectivity index (χ4n) is 2.31. The zero-order valence-corrected chi connectivity index (χ0v) is 12.4. The standard InChI is InChI=1S/C15H18N4O2/c1-9(2)15(3)14(20)18-12(19-15)11-10(5-4-6-16-11)13-17-7-8-21-13/h4-6,9H,7-8H2,1-3H3,(H,18,19,20). The van der Waals surface area contributed by atoms with Gasteiger partial charge in [-0.1, -0.05) is 13.8 Å². The highest BCUT2D eigenvalue weighted by atomic mass is 16.5. The molecule has 1 unspecified atom stereocenters. The summed E-state index contributed by atoms with van der Waals surface area (Å²) in [5, 5.41) is 3.22. The molecule has 0 fully saturated rings. The lowest BCUT2D eigenvalue weighted by Crippen LogP contribution is -2.50. The summed E-state index contributed by atoms with van der Waals surface area (Å²) in [4.78, 5) is 25.0. The van der Waals surface area contributed by atoms with Crippen molar-refractivity contribution in [1.29, 1.82) is 0 Å². The van der Waals surface area contributed by atoms with E-state index in [1.807, 2.05) is 32.9 Å². The van der Waals surface area contributed by atoms with Crippen LogP contribution in [0.15, 0.2) is 28.3 Å². The number of aromatic nitrogens is 1. The van der Waals surface area contributed by atoms with Crippen molar-refractivity contribution in [3.05, 3.63) is 29.6 Å². The van der Waals surface area contributed by atoms with Crippen LogP contribution < -0.4 is 5.32 Å². The fraction of sp³-hybridized carbons (Fsp3) is 0.467. The Labute approximate surface area is 123 Å². The summed E-state index contributed by atoms with van der Waals surface area (Å²) in [5.41, 5.74) is 0.681. The largest absolute Gasteiger partial charge is 0.475 e. The van der Waals surface area contributed by atoms with Gasteiger partial charge in [-0.15, -0.1) is 0 Å². The van der Waals surface area contributed by atoms with E-state index in [0.717, 1.165) is 5.56 Å². The van der Waals surface area contributed by atoms with Crippen LogP contribution in [0, 0.1) is 5.92 Å². The summed E-state index contributed by atoms with van der Waals surface area (Å²) < 4.78 is 5.51. The molecule has 0 saturated heterocycles. The molecule has 3 rings (SSSR count). The lowest BCUT2D eigenvalue weighted by atomic mass is 9.88. The van der Waals surface area contributed by atoms with Gasteiger partial charge in [0.2, 0.25) is 5.90 Å². The second kappa shape index (κ2) is 4.95. The number of ether oxygens (including phenoxy) is 1. The molecular weight excluding hydrogens is 268 g/mol. The normalized spacial score (nSPS) is 24.7. The highest BCUT2D eigenvalue weighted by molar-refractivity contribution is 6.16. The first-order valence-corrected chi connectivity index (χ1v) is 7.06. The summed E-state index contributed by atoms with van der Waals surface area (Å²) in [6.07, 6.45) is 1.67. The van der Waals surface area contributed by atoms with Crippen LogP contribution in [0.5, 0.6) is 0 Å². The van der Waals surface area contributed by atoms with Gasteiger partial charge in [-0.3, -0.25) is 9.78 Å². The topological polar surface area (TPSA) is 75.9 Å². The molecule has 2 aliphatic heterocycles. The number of hydrogen-bond acceptors (Lipinski definition) is 5. The molecule has 1 N–H and O–H groups in total. The minimum Gasteiger partial charge on any atom is -0.475 e. The van der Waals surface area contributed by atoms with Crippen molar-refractivity contribution in [3.8, 4) is 0 Å². The predicted molar refractivity (Wildman–Crippen MR) is 79.5 cm³/mol. The number of rotatable bonds is 3. The third kappa shape index (κ3) is 2.20. The van der Waals surface area contributed by atoms with Gasteiger partial charge >= 0.3 is 0 Å². The Morgan fingerprint density at radius 3 is 2.86 bits per heavy atom. The zero-order chi connectivity index (χ0) is 15.0. The smallest absolute Gasteiger partial charge is 0.273 e. The number of pyridine rings is 1. The van der Waals surface area contributed by atoms with Crippen LogP contribution in [-0.2, 0) is 9.53 Å². The van der Waals surface area contributed by atoms with Crippen molar-refractivity contribution < 1.29 is 9.53 Å². The highest BCUT2D eigenvalue weighted by Crippen LogP contribution is 2.25. The summed E-state index contributed by atoms with van der Waals surface area (Å²) in [7, 11) is 0. The Morgan fingerprint density at radius 1 is 1.43 bits per heavy atom. The Hall–Kier alpha value is -2.24. The first-order valence-electron chi connectivity index (χ1n) is 7.06. The molecular formula is C15H18N4O2. The molecule has 1 aromatic heterocycles. The number of carbonyl (C=O) groups excluding carboxylic acids is 1. The van der Waals surface area contributed by atoms with E-state index in [9.17, 15) is 4.79 Å². The summed E-state index contributed by atoms with van der Waals surface area (Å²) in [6.45, 7) is 7.07. The van der Waals surface area contributed by atoms with Crippen LogP contribution in [0.2, 0.25) is 0 Å². The van der Waals surface area contributed by atoms with Crippen molar-refractivity contribution in [2.75, 3.05) is 13.2 Å². The first-order chi connectivity index (χ1) is 10.0. The molecule has 1 atom stereocenters. The minimum atomic E-state index is -0.692. The number of amidine groups is 1. The van der Waals surface area contributed by atoms with E-state index in [2.05, 4.69) is 20.3 Å². The van der Waals surface area contributed by atoms with E-state index in [1.165, 1.54) is 0 Å². The number of nitrogens with zero attached hydrogens (tertiary/aromatic N) is 3. The van der Waals surface area contributed by atoms with Gasteiger partial charge in [0, 0.05) is 6.20 Å². The van der Waals surface area contributed by atoms with Gasteiger partial charge in [0.15, 0.2) is 5.84 Å². The molecule has 2 aliphatic rings. The first kappa shape index (κ1) is 13.7. The van der Waals surface area contributed by atoms with E-state index in [0.29, 0.717) is 30.6 Å². The van der Waals surface area contributed by atoms with Crippen molar-refractivity contribution >= 4 is 17.6 Å². The Bertz CT molecular complexity index is 651. The maximum Gasteiger partial charge on any atom is 0.273 e. The quantitative estimate of drug-likeness (QED) is 0.904. The van der Waals surface area contributed by atoms with Crippen molar-refractivity contribution in [1.82, 2.24) is 10.3 Å². The molecule has 0 spiro atoms. The van der Waals surface area contributed by atoms with Gasteiger partial charge in [0.25, 0.3) is 5.91 Å². The summed E-state index contributed by atoms with van der Waals surface area (Å²) in [5.74, 6) is 1.01. The second-order valence-electron chi connectivity index (χ2n) is 5.68. The van der Waals surface area contributed by atoms with Crippen LogP contribution in [0.25, 0.3) is 0 Å². The molecule has 6 nitrogen and oxygen atoms in total. The van der Waals surface area contributed by atoms with E-state index >= 15 is 0 Å². The van der Waals surface area contributed by atoms with Gasteiger partial charge in [0.1, 0.15) is 17.8 Å². The molecule has 6 heteroatoms. The van der Waals surface area contributed by atoms with E-state index in [1.54, 1.807) is 6.20 Å². The molecule has 0 aliphatic carbocycles. The van der Waals surface area contributed by atoms with Crippen LogP contribution in [0.1, 0.15) is 32.0 Å². The van der Waals surface area contributed by atoms with Gasteiger partial charge in [-0.05, 0) is 25.0 Å². The van der Waals surface area contributed by atoms with E-state index in [4.69, 9.17) is 4.74 Å². The lowest BCUT2D eigenvalue weighted by molar-refractivity contribution is -0.123. The average molecular weight is 286 g/mol. The third-order valence-electron chi connectivity index (χ3n) is 4.04. The van der Waals surface area contributed by atoms with E-state index < -0.39 is 5.54 Å². The second-order valence-corrected chi connectivity index (χ2v) is 5.68. The Balaban J connectivity index is 2.00. The molecule has 3 heterocycles. The number of aliphatic imine (C=N–C) groups is 2. The molecule has 110 valence electrons. The van der Waals surface area contributed by atoms with Crippen LogP contribution in [0.3, 0.4) is 0 Å². The van der Waals surface area contributed by atoms with Gasteiger partial charge < -0.3 is 10.1 Å². The number of hydrogen-bond donors (Lipinski definition) is 1. The SMILES string of the molecule is CC(C)C1(C)NC(c2ncccc2C2=NCCO2)=NC1=O. The van der Waals surface area contributed by atoms with Gasteiger partial charge in [0.05, 0.1) is 12.1 Å². The Morgan fingerprint density at radius 2 is 2.24 bits per heavy atom. The monoisotopic (exact) mass is 286 g/mol. The molecule has 0 saturated carbocycles. The maximum absolute atomic E-state index is 12.2. The van der Waals surface area contributed by atoms with Crippen LogP contribution >= 0.6 is 0 Å². The van der Waals surface area contributed by atoms with Gasteiger partial charge in [-0.2, -0.15) is 4.99 Å². The van der Waals surface area contributed by atoms with Crippen molar-refractivity contribution in [2.45, 2.75) is 26.3 Å². The van der Waals surface area contributed by atoms with Crippen molar-refractivity contribution in [2.24, 2.45) is 15.9 Å². The zero-order valence-electron chi connectivity index (χ0n) is 12.4. The Kier molecular flexibility index (Phi) is 3.23. The number of carbonyl (C=O) groups is 1. The number of nitrogens with one attached hydrogen (secondary N) is 1. The number of amides is 1. The highest BCUT2D eigenvalue weighted by Gasteiger charge is 2.43. The van der Waals surface area contributed by atoms with Gasteiger partial charge in [-0.25, -0.2) is 4.99 Å². The lowest BCUT2D eigenvalue weighted by Gasteiger charge is -2.27. The summed E-state index contributed by atoms with van der Waals surface area (Å²) >= 11 is 0.